The Kier molecular flexibility index (Phi) is 2.51. The number of esters is 1. The number of rotatable bonds is 3. The van der Waals surface area contributed by atoms with Crippen LogP contribution in [0.2, 0.25) is 0 Å². The van der Waals surface area contributed by atoms with Gasteiger partial charge in [-0.25, -0.2) is 0 Å². The minimum Gasteiger partial charge on any atom is -0.459 e. The van der Waals surface area contributed by atoms with Gasteiger partial charge in [-0.1, -0.05) is 5.11 Å². The molecule has 4 aliphatic carbocycles. The zero-order valence-corrected chi connectivity index (χ0v) is 9.84. The molecule has 0 aliphatic heterocycles. The number of carbonyl (C=O) groups excluding carboxylic acids is 1. The van der Waals surface area contributed by atoms with Gasteiger partial charge in [0.25, 0.3) is 0 Å². The van der Waals surface area contributed by atoms with Crippen LogP contribution in [0.5, 0.6) is 0 Å². The van der Waals surface area contributed by atoms with E-state index in [9.17, 15) is 4.79 Å². The molecule has 17 heavy (non-hydrogen) atoms. The van der Waals surface area contributed by atoms with Crippen molar-refractivity contribution in [3.05, 3.63) is 10.4 Å². The van der Waals surface area contributed by atoms with Gasteiger partial charge in [0, 0.05) is 4.91 Å². The summed E-state index contributed by atoms with van der Waals surface area (Å²) in [6.45, 7) is -0.156. The second-order valence-corrected chi connectivity index (χ2v) is 5.99. The Morgan fingerprint density at radius 3 is 2.24 bits per heavy atom. The van der Waals surface area contributed by atoms with E-state index < -0.39 is 0 Å². The molecule has 0 aromatic carbocycles. The van der Waals surface area contributed by atoms with Crippen molar-refractivity contribution in [2.45, 2.75) is 38.5 Å². The molecule has 0 aromatic rings. The number of nitrogens with zero attached hydrogens (tertiary/aromatic N) is 3. The smallest absolute Gasteiger partial charge is 0.312 e. The molecule has 4 aliphatic rings. The number of carbonyl (C=O) groups is 1. The fourth-order valence-electron chi connectivity index (χ4n) is 4.63. The molecule has 0 N–H and O–H groups in total. The van der Waals surface area contributed by atoms with Crippen molar-refractivity contribution in [2.75, 3.05) is 6.73 Å². The monoisotopic (exact) mass is 235 g/mol. The third kappa shape index (κ3) is 1.78. The highest BCUT2D eigenvalue weighted by Gasteiger charge is 2.55. The van der Waals surface area contributed by atoms with Gasteiger partial charge in [-0.05, 0) is 61.8 Å². The van der Waals surface area contributed by atoms with Crippen LogP contribution in [0.3, 0.4) is 0 Å². The second kappa shape index (κ2) is 3.91. The highest BCUT2D eigenvalue weighted by Crippen LogP contribution is 2.60. The molecule has 92 valence electrons. The number of ether oxygens (including phenoxy) is 1. The number of azide groups is 1. The second-order valence-electron chi connectivity index (χ2n) is 5.99. The summed E-state index contributed by atoms with van der Waals surface area (Å²) in [4.78, 5) is 14.8. The lowest BCUT2D eigenvalue weighted by molar-refractivity contribution is -0.171. The third-order valence-corrected chi connectivity index (χ3v) is 4.79. The Balaban J connectivity index is 1.73. The van der Waals surface area contributed by atoms with E-state index in [1.165, 1.54) is 19.3 Å². The summed E-state index contributed by atoms with van der Waals surface area (Å²) in [7, 11) is 0. The summed E-state index contributed by atoms with van der Waals surface area (Å²) in [5.74, 6) is 2.07. The maximum absolute atomic E-state index is 12.2. The van der Waals surface area contributed by atoms with E-state index in [0.717, 1.165) is 37.0 Å². The quantitative estimate of drug-likeness (QED) is 0.326. The number of hydrogen-bond acceptors (Lipinski definition) is 3. The van der Waals surface area contributed by atoms with Gasteiger partial charge < -0.3 is 4.74 Å². The van der Waals surface area contributed by atoms with Crippen LogP contribution in [0.15, 0.2) is 5.11 Å². The first-order valence-corrected chi connectivity index (χ1v) is 6.40. The van der Waals surface area contributed by atoms with E-state index in [1.807, 2.05) is 0 Å². The molecule has 4 bridgehead atoms. The molecular formula is C12H17N3O2. The molecule has 0 amide bonds. The van der Waals surface area contributed by atoms with Crippen LogP contribution in [0.4, 0.5) is 0 Å². The van der Waals surface area contributed by atoms with Crippen LogP contribution in [-0.4, -0.2) is 12.7 Å². The lowest BCUT2D eigenvalue weighted by Crippen LogP contribution is -2.50. The van der Waals surface area contributed by atoms with Gasteiger partial charge in [-0.15, -0.1) is 0 Å². The average molecular weight is 235 g/mol. The van der Waals surface area contributed by atoms with E-state index in [4.69, 9.17) is 10.3 Å². The fourth-order valence-corrected chi connectivity index (χ4v) is 4.63. The standard InChI is InChI=1S/C12H17N3O2/c13-15-14-7-17-11(16)12-4-8-1-9(5-12)3-10(2-8)6-12/h8-10H,1-7H2. The average Bonchev–Trinajstić information content (AvgIpc) is 2.27. The van der Waals surface area contributed by atoms with E-state index in [-0.39, 0.29) is 18.1 Å². The molecule has 0 unspecified atom stereocenters. The SMILES string of the molecule is [N-]=[N+]=NCOC(=O)C12CC3CC(CC(C3)C1)C2. The fraction of sp³-hybridized carbons (Fsp3) is 0.917. The first-order valence-electron chi connectivity index (χ1n) is 6.40. The zero-order chi connectivity index (χ0) is 11.9. The van der Waals surface area contributed by atoms with Crippen LogP contribution in [0, 0.1) is 23.2 Å². The van der Waals surface area contributed by atoms with Crippen molar-refractivity contribution in [1.82, 2.24) is 0 Å². The zero-order valence-electron chi connectivity index (χ0n) is 9.84. The van der Waals surface area contributed by atoms with E-state index in [2.05, 4.69) is 10.0 Å². The Bertz CT molecular complexity index is 352. The lowest BCUT2D eigenvalue weighted by atomic mass is 9.49. The summed E-state index contributed by atoms with van der Waals surface area (Å²) < 4.78 is 5.11. The predicted octanol–water partition coefficient (Wildman–Crippen LogP) is 3.01. The van der Waals surface area contributed by atoms with Crippen LogP contribution in [0.25, 0.3) is 10.4 Å². The molecule has 0 spiro atoms. The van der Waals surface area contributed by atoms with Crippen molar-refractivity contribution in [1.29, 1.82) is 0 Å². The molecule has 0 radical (unpaired) electrons. The van der Waals surface area contributed by atoms with Gasteiger partial charge in [-0.3, -0.25) is 4.79 Å². The van der Waals surface area contributed by atoms with E-state index in [1.54, 1.807) is 0 Å². The predicted molar refractivity (Wildman–Crippen MR) is 60.7 cm³/mol. The lowest BCUT2D eigenvalue weighted by Gasteiger charge is -2.55. The van der Waals surface area contributed by atoms with Crippen molar-refractivity contribution in [3.8, 4) is 0 Å². The minimum atomic E-state index is -0.236. The van der Waals surface area contributed by atoms with Crippen LogP contribution < -0.4 is 0 Å². The molecule has 4 rings (SSSR count). The van der Waals surface area contributed by atoms with Crippen molar-refractivity contribution in [2.24, 2.45) is 28.3 Å². The van der Waals surface area contributed by atoms with Crippen LogP contribution in [0.1, 0.15) is 38.5 Å². The molecule has 4 fully saturated rings. The molecule has 0 saturated heterocycles. The largest absolute Gasteiger partial charge is 0.459 e. The summed E-state index contributed by atoms with van der Waals surface area (Å²) in [6.07, 6.45) is 6.91. The van der Waals surface area contributed by atoms with Crippen molar-refractivity contribution >= 4 is 5.97 Å². The molecule has 0 aromatic heterocycles. The van der Waals surface area contributed by atoms with Crippen LogP contribution in [-0.2, 0) is 9.53 Å². The normalized spacial score (nSPS) is 42.0. The summed E-state index contributed by atoms with van der Waals surface area (Å²) >= 11 is 0. The van der Waals surface area contributed by atoms with E-state index in [0.29, 0.717) is 0 Å². The molecule has 5 nitrogen and oxygen atoms in total. The van der Waals surface area contributed by atoms with E-state index >= 15 is 0 Å². The Labute approximate surface area is 100 Å². The van der Waals surface area contributed by atoms with Crippen LogP contribution >= 0.6 is 0 Å². The van der Waals surface area contributed by atoms with Crippen molar-refractivity contribution in [3.63, 3.8) is 0 Å². The molecule has 4 saturated carbocycles. The Hall–Kier alpha value is -1.22. The molecular weight excluding hydrogens is 218 g/mol. The van der Waals surface area contributed by atoms with Gasteiger partial charge in [0.15, 0.2) is 6.73 Å². The van der Waals surface area contributed by atoms with Gasteiger partial charge in [0.2, 0.25) is 0 Å². The van der Waals surface area contributed by atoms with Gasteiger partial charge in [0.05, 0.1) is 5.41 Å². The first kappa shape index (κ1) is 10.9. The van der Waals surface area contributed by atoms with Gasteiger partial charge in [-0.2, -0.15) is 0 Å². The third-order valence-electron chi connectivity index (χ3n) is 4.79. The molecule has 5 heteroatoms. The minimum absolute atomic E-state index is 0.121. The maximum Gasteiger partial charge on any atom is 0.312 e. The molecule has 0 atom stereocenters. The summed E-state index contributed by atoms with van der Waals surface area (Å²) in [5, 5.41) is 3.28. The topological polar surface area (TPSA) is 75.1 Å². The first-order chi connectivity index (χ1) is 8.22. The highest BCUT2D eigenvalue weighted by atomic mass is 16.5. The highest BCUT2D eigenvalue weighted by molar-refractivity contribution is 5.77. The Morgan fingerprint density at radius 2 is 1.76 bits per heavy atom. The summed E-state index contributed by atoms with van der Waals surface area (Å²) in [5.41, 5.74) is 7.94. The maximum atomic E-state index is 12.2. The molecule has 0 heterocycles. The Morgan fingerprint density at radius 1 is 1.24 bits per heavy atom. The summed E-state index contributed by atoms with van der Waals surface area (Å²) in [6, 6.07) is 0. The number of hydrogen-bond donors (Lipinski definition) is 0. The van der Waals surface area contributed by atoms with Gasteiger partial charge in [0.1, 0.15) is 0 Å². The van der Waals surface area contributed by atoms with Gasteiger partial charge >= 0.3 is 5.97 Å². The van der Waals surface area contributed by atoms with Crippen molar-refractivity contribution < 1.29 is 9.53 Å².